The zero-order valence-corrected chi connectivity index (χ0v) is 20.7. The number of rotatable bonds is 6. The highest BCUT2D eigenvalue weighted by atomic mass is 35.5. The molecule has 1 atom stereocenters. The zero-order valence-electron chi connectivity index (χ0n) is 19.2. The first-order chi connectivity index (χ1) is 17.3. The average molecular weight is 523 g/mol. The fourth-order valence-electron chi connectivity index (χ4n) is 4.39. The highest BCUT2D eigenvalue weighted by Crippen LogP contribution is 2.28. The van der Waals surface area contributed by atoms with E-state index in [4.69, 9.17) is 11.6 Å². The maximum atomic E-state index is 13.2. The van der Waals surface area contributed by atoms with E-state index in [-0.39, 0.29) is 17.0 Å². The number of amides is 1. The van der Waals surface area contributed by atoms with Gasteiger partial charge in [0, 0.05) is 17.3 Å². The molecule has 1 aliphatic heterocycles. The van der Waals surface area contributed by atoms with Crippen molar-refractivity contribution in [3.63, 3.8) is 0 Å². The van der Waals surface area contributed by atoms with Crippen LogP contribution < -0.4 is 10.9 Å². The van der Waals surface area contributed by atoms with E-state index < -0.39 is 22.0 Å². The van der Waals surface area contributed by atoms with Crippen LogP contribution in [0.1, 0.15) is 18.4 Å². The van der Waals surface area contributed by atoms with E-state index in [0.717, 1.165) is 5.56 Å². The lowest BCUT2D eigenvalue weighted by atomic mass is 10.2. The summed E-state index contributed by atoms with van der Waals surface area (Å²) in [4.78, 5) is 30.7. The first kappa shape index (κ1) is 24.2. The molecule has 0 radical (unpaired) electrons. The SMILES string of the molecule is O=C(Nc1ccc2ncn(Cc3ccccc3)c(=O)c2c1)C1CCCN1S(=O)(=O)c1ccc(Cl)cc1. The first-order valence-corrected chi connectivity index (χ1v) is 13.3. The minimum Gasteiger partial charge on any atom is -0.325 e. The average Bonchev–Trinajstić information content (AvgIpc) is 3.38. The Morgan fingerprint density at radius 3 is 2.56 bits per heavy atom. The number of aromatic nitrogens is 2. The topological polar surface area (TPSA) is 101 Å². The van der Waals surface area contributed by atoms with Gasteiger partial charge in [0.1, 0.15) is 6.04 Å². The maximum absolute atomic E-state index is 13.2. The summed E-state index contributed by atoms with van der Waals surface area (Å²) in [5.74, 6) is -0.446. The molecule has 8 nitrogen and oxygen atoms in total. The Hall–Kier alpha value is -3.53. The smallest absolute Gasteiger partial charge is 0.261 e. The van der Waals surface area contributed by atoms with E-state index in [1.165, 1.54) is 39.5 Å². The Bertz CT molecular complexity index is 1590. The van der Waals surface area contributed by atoms with E-state index in [1.807, 2.05) is 30.3 Å². The van der Waals surface area contributed by atoms with Gasteiger partial charge in [0.2, 0.25) is 15.9 Å². The molecule has 10 heteroatoms. The number of halogens is 1. The fraction of sp³-hybridized carbons (Fsp3) is 0.192. The van der Waals surface area contributed by atoms with Gasteiger partial charge in [0.25, 0.3) is 5.56 Å². The molecule has 0 aliphatic carbocycles. The molecule has 184 valence electrons. The van der Waals surface area contributed by atoms with Crippen molar-refractivity contribution >= 4 is 44.1 Å². The lowest BCUT2D eigenvalue weighted by Crippen LogP contribution is -2.43. The first-order valence-electron chi connectivity index (χ1n) is 11.4. The Balaban J connectivity index is 1.38. The van der Waals surface area contributed by atoms with E-state index in [0.29, 0.717) is 41.0 Å². The van der Waals surface area contributed by atoms with Crippen molar-refractivity contribution in [3.05, 3.63) is 100 Å². The molecule has 2 heterocycles. The third-order valence-corrected chi connectivity index (χ3v) is 8.39. The van der Waals surface area contributed by atoms with Gasteiger partial charge < -0.3 is 5.32 Å². The molecule has 1 aliphatic rings. The number of benzene rings is 3. The lowest BCUT2D eigenvalue weighted by molar-refractivity contribution is -0.119. The molecule has 1 fully saturated rings. The van der Waals surface area contributed by atoms with Gasteiger partial charge in [-0.15, -0.1) is 0 Å². The number of sulfonamides is 1. The third-order valence-electron chi connectivity index (χ3n) is 6.21. The highest BCUT2D eigenvalue weighted by Gasteiger charge is 2.39. The van der Waals surface area contributed by atoms with Gasteiger partial charge in [0.05, 0.1) is 28.7 Å². The molecule has 0 bridgehead atoms. The van der Waals surface area contributed by atoms with Gasteiger partial charge >= 0.3 is 0 Å². The summed E-state index contributed by atoms with van der Waals surface area (Å²) in [7, 11) is -3.87. The Kier molecular flexibility index (Phi) is 6.61. The van der Waals surface area contributed by atoms with Crippen LogP contribution in [-0.4, -0.2) is 40.8 Å². The molecule has 0 saturated carbocycles. The van der Waals surface area contributed by atoms with Crippen molar-refractivity contribution in [2.24, 2.45) is 0 Å². The van der Waals surface area contributed by atoms with Gasteiger partial charge in [-0.3, -0.25) is 14.2 Å². The summed E-state index contributed by atoms with van der Waals surface area (Å²) in [6, 6.07) is 19.5. The number of hydrogen-bond donors (Lipinski definition) is 1. The van der Waals surface area contributed by atoms with Crippen LogP contribution in [0.25, 0.3) is 10.9 Å². The van der Waals surface area contributed by atoms with Gasteiger partial charge in [-0.1, -0.05) is 41.9 Å². The number of hydrogen-bond acceptors (Lipinski definition) is 5. The molecule has 1 saturated heterocycles. The minimum atomic E-state index is -3.87. The maximum Gasteiger partial charge on any atom is 0.261 e. The largest absolute Gasteiger partial charge is 0.325 e. The summed E-state index contributed by atoms with van der Waals surface area (Å²) < 4.78 is 29.1. The molecule has 36 heavy (non-hydrogen) atoms. The fourth-order valence-corrected chi connectivity index (χ4v) is 6.17. The van der Waals surface area contributed by atoms with E-state index in [9.17, 15) is 18.0 Å². The number of anilines is 1. The van der Waals surface area contributed by atoms with Crippen molar-refractivity contribution in [2.45, 2.75) is 30.3 Å². The summed E-state index contributed by atoms with van der Waals surface area (Å²) in [6.07, 6.45) is 2.47. The number of carbonyl (C=O) groups is 1. The molecule has 1 N–H and O–H groups in total. The van der Waals surface area contributed by atoms with Crippen LogP contribution in [0.15, 0.2) is 88.8 Å². The van der Waals surface area contributed by atoms with Crippen LogP contribution in [0.5, 0.6) is 0 Å². The quantitative estimate of drug-likeness (QED) is 0.414. The van der Waals surface area contributed by atoms with Crippen LogP contribution in [0.2, 0.25) is 5.02 Å². The van der Waals surface area contributed by atoms with Gasteiger partial charge in [-0.2, -0.15) is 4.31 Å². The second-order valence-electron chi connectivity index (χ2n) is 8.61. The molecule has 5 rings (SSSR count). The summed E-state index contributed by atoms with van der Waals surface area (Å²) in [5, 5.41) is 3.59. The zero-order chi connectivity index (χ0) is 25.3. The predicted molar refractivity (Wildman–Crippen MR) is 139 cm³/mol. The van der Waals surface area contributed by atoms with Crippen LogP contribution in [0, 0.1) is 0 Å². The Morgan fingerprint density at radius 1 is 1.06 bits per heavy atom. The van der Waals surface area contributed by atoms with Gasteiger partial charge in [-0.05, 0) is 60.9 Å². The summed E-state index contributed by atoms with van der Waals surface area (Å²) >= 11 is 5.89. The predicted octanol–water partition coefficient (Wildman–Crippen LogP) is 3.89. The third kappa shape index (κ3) is 4.77. The van der Waals surface area contributed by atoms with Crippen LogP contribution in [0.3, 0.4) is 0 Å². The molecule has 3 aromatic carbocycles. The number of fused-ring (bicyclic) bond motifs is 1. The van der Waals surface area contributed by atoms with E-state index in [2.05, 4.69) is 10.3 Å². The molecular formula is C26H23ClN4O4S. The van der Waals surface area contributed by atoms with Crippen LogP contribution in [-0.2, 0) is 21.4 Å². The molecule has 1 amide bonds. The van der Waals surface area contributed by atoms with Crippen molar-refractivity contribution in [1.82, 2.24) is 13.9 Å². The van der Waals surface area contributed by atoms with E-state index in [1.54, 1.807) is 18.2 Å². The standard InChI is InChI=1S/C26H23ClN4O4S/c27-19-8-11-21(12-9-19)36(34,35)31-14-4-7-24(31)25(32)29-20-10-13-23-22(15-20)26(33)30(17-28-23)16-18-5-2-1-3-6-18/h1-3,5-6,8-13,15,17,24H,4,7,14,16H2,(H,29,32). The van der Waals surface area contributed by atoms with Crippen LogP contribution >= 0.6 is 11.6 Å². The van der Waals surface area contributed by atoms with Crippen molar-refractivity contribution in [2.75, 3.05) is 11.9 Å². The summed E-state index contributed by atoms with van der Waals surface area (Å²) in [5.41, 5.74) is 1.65. The number of nitrogens with one attached hydrogen (secondary N) is 1. The van der Waals surface area contributed by atoms with Crippen molar-refractivity contribution in [3.8, 4) is 0 Å². The van der Waals surface area contributed by atoms with Crippen molar-refractivity contribution < 1.29 is 13.2 Å². The lowest BCUT2D eigenvalue weighted by Gasteiger charge is -2.23. The molecule has 1 aromatic heterocycles. The highest BCUT2D eigenvalue weighted by molar-refractivity contribution is 7.89. The van der Waals surface area contributed by atoms with Gasteiger partial charge in [-0.25, -0.2) is 13.4 Å². The second kappa shape index (κ2) is 9.85. The Morgan fingerprint density at radius 2 is 1.81 bits per heavy atom. The van der Waals surface area contributed by atoms with Gasteiger partial charge in [0.15, 0.2) is 0 Å². The minimum absolute atomic E-state index is 0.0855. The van der Waals surface area contributed by atoms with Crippen LogP contribution in [0.4, 0.5) is 5.69 Å². The number of nitrogens with zero attached hydrogens (tertiary/aromatic N) is 3. The van der Waals surface area contributed by atoms with E-state index >= 15 is 0 Å². The second-order valence-corrected chi connectivity index (χ2v) is 10.9. The molecule has 4 aromatic rings. The molecule has 1 unspecified atom stereocenters. The normalized spacial score (nSPS) is 16.3. The number of carbonyl (C=O) groups excluding carboxylic acids is 1. The monoisotopic (exact) mass is 522 g/mol. The summed E-state index contributed by atoms with van der Waals surface area (Å²) in [6.45, 7) is 0.619. The Labute approximate surface area is 213 Å². The molecule has 0 spiro atoms. The van der Waals surface area contributed by atoms with Crippen molar-refractivity contribution in [1.29, 1.82) is 0 Å². The molecular weight excluding hydrogens is 500 g/mol.